The van der Waals surface area contributed by atoms with Gasteiger partial charge in [0.2, 0.25) is 5.58 Å². The Morgan fingerprint density at radius 1 is 1.09 bits per heavy atom. The average Bonchev–Trinajstić information content (AvgIpc) is 2.89. The van der Waals surface area contributed by atoms with Crippen molar-refractivity contribution in [1.29, 1.82) is 0 Å². The molecule has 2 N–H and O–H groups in total. The molecule has 3 heterocycles. The van der Waals surface area contributed by atoms with Crippen molar-refractivity contribution in [2.45, 2.75) is 38.6 Å². The van der Waals surface area contributed by atoms with Crippen molar-refractivity contribution in [1.82, 2.24) is 9.97 Å². The molecule has 3 aromatic rings. The molecule has 0 unspecified atom stereocenters. The highest BCUT2D eigenvalue weighted by Gasteiger charge is 2.17. The number of fused-ring (bicyclic) bond motifs is 3. The fourth-order valence-electron chi connectivity index (χ4n) is 3.55. The smallest absolute Gasteiger partial charge is 0.294 e. The van der Waals surface area contributed by atoms with E-state index in [9.17, 15) is 4.79 Å². The monoisotopic (exact) mass is 312 g/mol. The van der Waals surface area contributed by atoms with Crippen LogP contribution in [0.25, 0.3) is 22.1 Å². The minimum Gasteiger partial charge on any atom is -0.449 e. The lowest BCUT2D eigenvalue weighted by atomic mass is 10.1. The number of H-pyrrole nitrogens is 1. The minimum atomic E-state index is -0.173. The third kappa shape index (κ3) is 2.88. The fourth-order valence-corrected chi connectivity index (χ4v) is 3.55. The van der Waals surface area contributed by atoms with Crippen LogP contribution in [0.3, 0.4) is 0 Å². The van der Waals surface area contributed by atoms with Crippen molar-refractivity contribution in [3.05, 3.63) is 40.4 Å². The van der Waals surface area contributed by atoms with Gasteiger partial charge in [0.05, 0.1) is 13.1 Å². The van der Waals surface area contributed by atoms with E-state index in [0.29, 0.717) is 11.1 Å². The van der Waals surface area contributed by atoms with Gasteiger partial charge in [-0.2, -0.15) is 0 Å². The van der Waals surface area contributed by atoms with E-state index in [2.05, 4.69) is 4.98 Å². The lowest BCUT2D eigenvalue weighted by Gasteiger charge is -2.21. The summed E-state index contributed by atoms with van der Waals surface area (Å²) in [7, 11) is 0. The second kappa shape index (κ2) is 6.16. The quantitative estimate of drug-likeness (QED) is 0.761. The molecule has 23 heavy (non-hydrogen) atoms. The molecule has 1 aromatic carbocycles. The number of nitrogens with zero attached hydrogens (tertiary/aromatic N) is 1. The molecule has 5 nitrogen and oxygen atoms in total. The number of rotatable bonds is 2. The molecule has 0 radical (unpaired) electrons. The average molecular weight is 312 g/mol. The van der Waals surface area contributed by atoms with Gasteiger partial charge in [-0.1, -0.05) is 18.6 Å². The lowest BCUT2D eigenvalue weighted by molar-refractivity contribution is -0.915. The van der Waals surface area contributed by atoms with Crippen molar-refractivity contribution in [2.24, 2.45) is 0 Å². The number of nitrogens with one attached hydrogen (secondary N) is 2. The third-order valence-electron chi connectivity index (χ3n) is 4.76. The highest BCUT2D eigenvalue weighted by atomic mass is 16.3. The van der Waals surface area contributed by atoms with E-state index in [1.165, 1.54) is 37.0 Å². The molecule has 1 aliphatic rings. The molecule has 120 valence electrons. The topological polar surface area (TPSA) is 63.3 Å². The summed E-state index contributed by atoms with van der Waals surface area (Å²) in [4.78, 5) is 21.5. The van der Waals surface area contributed by atoms with Crippen LogP contribution in [-0.2, 0) is 6.54 Å². The van der Waals surface area contributed by atoms with Crippen molar-refractivity contribution in [3.63, 3.8) is 0 Å². The summed E-state index contributed by atoms with van der Waals surface area (Å²) in [6.45, 7) is 3.10. The zero-order chi connectivity index (χ0) is 15.6. The molecule has 1 saturated heterocycles. The first-order valence-corrected chi connectivity index (χ1v) is 8.55. The number of aromatic amines is 1. The van der Waals surface area contributed by atoms with Gasteiger partial charge in [-0.05, 0) is 37.8 Å². The number of aromatic nitrogens is 2. The number of quaternary nitrogens is 1. The van der Waals surface area contributed by atoms with Crippen LogP contribution in [0, 0.1) is 0 Å². The second-order valence-corrected chi connectivity index (χ2v) is 6.48. The van der Waals surface area contributed by atoms with Crippen LogP contribution >= 0.6 is 0 Å². The van der Waals surface area contributed by atoms with Crippen molar-refractivity contribution < 1.29 is 9.32 Å². The van der Waals surface area contributed by atoms with Crippen LogP contribution in [-0.4, -0.2) is 23.1 Å². The first-order valence-electron chi connectivity index (χ1n) is 8.55. The number of benzene rings is 1. The van der Waals surface area contributed by atoms with Crippen LogP contribution in [0.2, 0.25) is 0 Å². The second-order valence-electron chi connectivity index (χ2n) is 6.48. The van der Waals surface area contributed by atoms with Crippen LogP contribution in [0.4, 0.5) is 0 Å². The summed E-state index contributed by atoms with van der Waals surface area (Å²) in [6, 6.07) is 7.69. The summed E-state index contributed by atoms with van der Waals surface area (Å²) in [5, 5.41) is 0.914. The lowest BCUT2D eigenvalue weighted by Crippen LogP contribution is -3.10. The zero-order valence-corrected chi connectivity index (χ0v) is 13.2. The van der Waals surface area contributed by atoms with Gasteiger partial charge in [0.15, 0.2) is 5.82 Å². The van der Waals surface area contributed by atoms with E-state index in [1.807, 2.05) is 24.3 Å². The molecule has 1 fully saturated rings. The van der Waals surface area contributed by atoms with Crippen molar-refractivity contribution in [3.8, 4) is 0 Å². The SMILES string of the molecule is O=c1[nH]c(C[NH+]2CCCCCCC2)nc2c1oc1ccccc12. The summed E-state index contributed by atoms with van der Waals surface area (Å²) >= 11 is 0. The highest BCUT2D eigenvalue weighted by molar-refractivity contribution is 6.01. The fraction of sp³-hybridized carbons (Fsp3) is 0.444. The molecule has 5 heteroatoms. The number of para-hydroxylation sites is 1. The van der Waals surface area contributed by atoms with E-state index in [1.54, 1.807) is 0 Å². The molecule has 0 atom stereocenters. The molecule has 2 aromatic heterocycles. The van der Waals surface area contributed by atoms with Gasteiger partial charge in [0.25, 0.3) is 5.56 Å². The summed E-state index contributed by atoms with van der Waals surface area (Å²) in [5.41, 5.74) is 1.56. The van der Waals surface area contributed by atoms with E-state index in [0.717, 1.165) is 36.4 Å². The standard InChI is InChI=1S/C18H21N3O2/c22-18-17-16(13-8-4-5-9-14(13)23-17)19-15(20-18)12-21-10-6-2-1-3-7-11-21/h4-5,8-9H,1-3,6-7,10-12H2,(H,19,20,22)/p+1. The van der Waals surface area contributed by atoms with Crippen LogP contribution in [0.5, 0.6) is 0 Å². The van der Waals surface area contributed by atoms with E-state index >= 15 is 0 Å². The van der Waals surface area contributed by atoms with Crippen LogP contribution in [0.1, 0.15) is 37.9 Å². The zero-order valence-electron chi connectivity index (χ0n) is 13.2. The normalized spacial score (nSPS) is 17.4. The van der Waals surface area contributed by atoms with Gasteiger partial charge in [-0.25, -0.2) is 4.98 Å². The number of likely N-dealkylation sites (tertiary alicyclic amines) is 1. The maximum Gasteiger partial charge on any atom is 0.294 e. The largest absolute Gasteiger partial charge is 0.449 e. The first kappa shape index (κ1) is 14.5. The molecule has 0 amide bonds. The molecule has 0 saturated carbocycles. The Balaban J connectivity index is 1.69. The first-order chi connectivity index (χ1) is 11.3. The third-order valence-corrected chi connectivity index (χ3v) is 4.76. The molecule has 0 aliphatic carbocycles. The Hall–Kier alpha value is -2.14. The van der Waals surface area contributed by atoms with Crippen LogP contribution < -0.4 is 10.5 Å². The highest BCUT2D eigenvalue weighted by Crippen LogP contribution is 2.24. The van der Waals surface area contributed by atoms with Gasteiger partial charge in [-0.3, -0.25) is 4.79 Å². The molecule has 0 spiro atoms. The van der Waals surface area contributed by atoms with E-state index in [-0.39, 0.29) is 5.56 Å². The summed E-state index contributed by atoms with van der Waals surface area (Å²) in [6.07, 6.45) is 6.51. The Labute approximate surface area is 134 Å². The molecule has 1 aliphatic heterocycles. The Bertz CT molecular complexity index is 873. The molecule has 4 rings (SSSR count). The number of hydrogen-bond donors (Lipinski definition) is 2. The predicted molar refractivity (Wildman–Crippen MR) is 89.6 cm³/mol. The van der Waals surface area contributed by atoms with Crippen molar-refractivity contribution >= 4 is 22.1 Å². The maximum absolute atomic E-state index is 12.3. The Morgan fingerprint density at radius 3 is 2.65 bits per heavy atom. The van der Waals surface area contributed by atoms with Gasteiger partial charge in [0, 0.05) is 5.39 Å². The molecule has 0 bridgehead atoms. The summed E-state index contributed by atoms with van der Waals surface area (Å²) < 4.78 is 5.65. The van der Waals surface area contributed by atoms with Gasteiger partial charge in [-0.15, -0.1) is 0 Å². The number of hydrogen-bond acceptors (Lipinski definition) is 3. The predicted octanol–water partition coefficient (Wildman–Crippen LogP) is 2.02. The van der Waals surface area contributed by atoms with Gasteiger partial charge in [0.1, 0.15) is 17.6 Å². The maximum atomic E-state index is 12.3. The Kier molecular flexibility index (Phi) is 3.87. The van der Waals surface area contributed by atoms with Crippen LogP contribution in [0.15, 0.2) is 33.5 Å². The van der Waals surface area contributed by atoms with Crippen molar-refractivity contribution in [2.75, 3.05) is 13.1 Å². The molecular weight excluding hydrogens is 290 g/mol. The Morgan fingerprint density at radius 2 is 1.83 bits per heavy atom. The van der Waals surface area contributed by atoms with Gasteiger partial charge >= 0.3 is 0 Å². The minimum absolute atomic E-state index is 0.173. The van der Waals surface area contributed by atoms with E-state index < -0.39 is 0 Å². The molecular formula is C18H22N3O2+. The van der Waals surface area contributed by atoms with E-state index in [4.69, 9.17) is 9.40 Å². The van der Waals surface area contributed by atoms with Gasteiger partial charge < -0.3 is 14.3 Å². The summed E-state index contributed by atoms with van der Waals surface area (Å²) in [5.74, 6) is 0.768. The number of furan rings is 1.